The molecule has 0 radical (unpaired) electrons. The number of urea groups is 1. The third kappa shape index (κ3) is 5.82. The van der Waals surface area contributed by atoms with Crippen molar-refractivity contribution < 1.29 is 23.9 Å². The third-order valence-corrected chi connectivity index (χ3v) is 7.69. The van der Waals surface area contributed by atoms with E-state index in [2.05, 4.69) is 10.6 Å². The summed E-state index contributed by atoms with van der Waals surface area (Å²) in [6.07, 6.45) is -0.696. The summed E-state index contributed by atoms with van der Waals surface area (Å²) >= 11 is 0. The average Bonchev–Trinajstić information content (AvgIpc) is 3.65. The second-order valence-electron chi connectivity index (χ2n) is 11.7. The summed E-state index contributed by atoms with van der Waals surface area (Å²) in [5, 5.41) is 12.4. The molecule has 2 heterocycles. The number of benzene rings is 4. The number of hydrogen-bond acceptors (Lipinski definition) is 6. The van der Waals surface area contributed by atoms with E-state index in [1.165, 1.54) is 0 Å². The van der Waals surface area contributed by atoms with Crippen LogP contribution in [0.1, 0.15) is 48.4 Å². The van der Waals surface area contributed by atoms with Crippen molar-refractivity contribution in [1.29, 1.82) is 0 Å². The Morgan fingerprint density at radius 2 is 1.62 bits per heavy atom. The summed E-state index contributed by atoms with van der Waals surface area (Å²) in [7, 11) is 1.61. The van der Waals surface area contributed by atoms with E-state index >= 15 is 0 Å². The average molecular weight is 604 g/mol. The van der Waals surface area contributed by atoms with Gasteiger partial charge in [-0.05, 0) is 35.9 Å². The zero-order chi connectivity index (χ0) is 31.7. The number of carbonyl (C=O) groups is 3. The number of cyclic esters (lactones) is 1. The molecule has 10 heteroatoms. The van der Waals surface area contributed by atoms with Crippen LogP contribution in [-0.2, 0) is 10.2 Å². The molecule has 1 atom stereocenters. The lowest BCUT2D eigenvalue weighted by Gasteiger charge is -2.20. The van der Waals surface area contributed by atoms with Crippen LogP contribution in [0.25, 0.3) is 16.5 Å². The van der Waals surface area contributed by atoms with Gasteiger partial charge in [-0.3, -0.25) is 10.1 Å². The molecule has 1 aliphatic rings. The highest BCUT2D eigenvalue weighted by Gasteiger charge is 2.39. The SMILES string of the molecule is COc1ccc(NC(=O)Nc2cc(C(C)(C)C)nn2-c2cccc(C(=O)N3C(=O)OC[C@H]3c3ccccc3)c2)c2ccccc12. The highest BCUT2D eigenvalue weighted by molar-refractivity contribution is 6.07. The van der Waals surface area contributed by atoms with E-state index in [1.807, 2.05) is 81.4 Å². The summed E-state index contributed by atoms with van der Waals surface area (Å²) in [6, 6.07) is 28.1. The standard InChI is InChI=1S/C35H33N5O5/c1-35(2,3)30-20-31(37-33(42)36-27-17-18-29(44-4)26-16-9-8-15-25(26)27)40(38-30)24-14-10-13-23(19-24)32(41)39-28(21-45-34(39)43)22-11-6-5-7-12-22/h5-20,28H,21H2,1-4H3,(H2,36,37,42)/t28-/m0/s1. The van der Waals surface area contributed by atoms with E-state index in [1.54, 1.807) is 48.2 Å². The zero-order valence-corrected chi connectivity index (χ0v) is 25.4. The number of amides is 4. The first-order valence-corrected chi connectivity index (χ1v) is 14.5. The number of ether oxygens (including phenoxy) is 2. The van der Waals surface area contributed by atoms with E-state index in [-0.39, 0.29) is 17.6 Å². The van der Waals surface area contributed by atoms with Crippen molar-refractivity contribution in [2.24, 2.45) is 0 Å². The fourth-order valence-electron chi connectivity index (χ4n) is 5.34. The van der Waals surface area contributed by atoms with Gasteiger partial charge >= 0.3 is 12.1 Å². The van der Waals surface area contributed by atoms with Crippen molar-refractivity contribution >= 4 is 40.3 Å². The molecule has 1 aliphatic heterocycles. The van der Waals surface area contributed by atoms with E-state index in [0.717, 1.165) is 26.9 Å². The number of imide groups is 1. The Morgan fingerprint density at radius 3 is 2.36 bits per heavy atom. The molecule has 0 saturated carbocycles. The first-order valence-electron chi connectivity index (χ1n) is 14.5. The number of methoxy groups -OCH3 is 1. The van der Waals surface area contributed by atoms with E-state index in [4.69, 9.17) is 14.6 Å². The molecule has 1 saturated heterocycles. The van der Waals surface area contributed by atoms with Crippen LogP contribution in [0.3, 0.4) is 0 Å². The minimum Gasteiger partial charge on any atom is -0.496 e. The number of fused-ring (bicyclic) bond motifs is 1. The number of nitrogens with zero attached hydrogens (tertiary/aromatic N) is 3. The minimum absolute atomic E-state index is 0.0784. The van der Waals surface area contributed by atoms with Crippen molar-refractivity contribution in [3.05, 3.63) is 114 Å². The summed E-state index contributed by atoms with van der Waals surface area (Å²) in [6.45, 7) is 6.15. The Balaban J connectivity index is 1.31. The molecular formula is C35H33N5O5. The van der Waals surface area contributed by atoms with Crippen LogP contribution >= 0.6 is 0 Å². The predicted molar refractivity (Wildman–Crippen MR) is 172 cm³/mol. The molecule has 10 nitrogen and oxygen atoms in total. The Bertz CT molecular complexity index is 1910. The van der Waals surface area contributed by atoms with Gasteiger partial charge in [0, 0.05) is 27.8 Å². The van der Waals surface area contributed by atoms with Crippen LogP contribution in [0.4, 0.5) is 21.1 Å². The topological polar surface area (TPSA) is 115 Å². The zero-order valence-electron chi connectivity index (χ0n) is 25.4. The van der Waals surface area contributed by atoms with Crippen LogP contribution in [0.2, 0.25) is 0 Å². The Morgan fingerprint density at radius 1 is 0.889 bits per heavy atom. The van der Waals surface area contributed by atoms with Crippen molar-refractivity contribution in [3.63, 3.8) is 0 Å². The van der Waals surface area contributed by atoms with Gasteiger partial charge in [-0.25, -0.2) is 19.2 Å². The molecule has 6 rings (SSSR count). The lowest BCUT2D eigenvalue weighted by molar-refractivity contribution is 0.0774. The molecule has 0 spiro atoms. The monoisotopic (exact) mass is 603 g/mol. The first kappa shape index (κ1) is 29.4. The van der Waals surface area contributed by atoms with Gasteiger partial charge < -0.3 is 14.8 Å². The number of anilines is 2. The van der Waals surface area contributed by atoms with Crippen LogP contribution in [0.15, 0.2) is 97.1 Å². The van der Waals surface area contributed by atoms with Crippen molar-refractivity contribution in [1.82, 2.24) is 14.7 Å². The summed E-state index contributed by atoms with van der Waals surface area (Å²) in [5.74, 6) is 0.619. The molecule has 4 amide bonds. The van der Waals surface area contributed by atoms with E-state index < -0.39 is 24.1 Å². The molecule has 228 valence electrons. The summed E-state index contributed by atoms with van der Waals surface area (Å²) in [5.41, 5.74) is 2.63. The van der Waals surface area contributed by atoms with Crippen molar-refractivity contribution in [3.8, 4) is 11.4 Å². The molecule has 2 N–H and O–H groups in total. The predicted octanol–water partition coefficient (Wildman–Crippen LogP) is 7.31. The first-order chi connectivity index (χ1) is 21.6. The summed E-state index contributed by atoms with van der Waals surface area (Å²) in [4.78, 5) is 40.9. The maximum Gasteiger partial charge on any atom is 0.417 e. The molecule has 1 aromatic heterocycles. The Hall–Kier alpha value is -5.64. The third-order valence-electron chi connectivity index (χ3n) is 7.69. The number of hydrogen-bond donors (Lipinski definition) is 2. The fourth-order valence-corrected chi connectivity index (χ4v) is 5.34. The van der Waals surface area contributed by atoms with Gasteiger partial charge in [0.2, 0.25) is 0 Å². The highest BCUT2D eigenvalue weighted by atomic mass is 16.6. The number of nitrogens with one attached hydrogen (secondary N) is 2. The Labute approximate surface area is 260 Å². The smallest absolute Gasteiger partial charge is 0.417 e. The lowest BCUT2D eigenvalue weighted by atomic mass is 9.92. The number of rotatable bonds is 6. The molecule has 4 aromatic carbocycles. The van der Waals surface area contributed by atoms with Crippen LogP contribution in [0, 0.1) is 0 Å². The van der Waals surface area contributed by atoms with Gasteiger partial charge in [-0.1, -0.05) is 81.4 Å². The Kier molecular flexibility index (Phi) is 7.72. The van der Waals surface area contributed by atoms with Crippen LogP contribution in [0.5, 0.6) is 5.75 Å². The second kappa shape index (κ2) is 11.8. The summed E-state index contributed by atoms with van der Waals surface area (Å²) < 4.78 is 12.3. The van der Waals surface area contributed by atoms with Gasteiger partial charge in [0.05, 0.1) is 24.2 Å². The number of aromatic nitrogens is 2. The molecule has 0 aliphatic carbocycles. The fraction of sp³-hybridized carbons (Fsp3) is 0.200. The van der Waals surface area contributed by atoms with Gasteiger partial charge in [0.15, 0.2) is 0 Å². The van der Waals surface area contributed by atoms with Crippen molar-refractivity contribution in [2.45, 2.75) is 32.2 Å². The van der Waals surface area contributed by atoms with Crippen molar-refractivity contribution in [2.75, 3.05) is 24.4 Å². The van der Waals surface area contributed by atoms with Crippen LogP contribution < -0.4 is 15.4 Å². The van der Waals surface area contributed by atoms with Gasteiger partial charge in [-0.15, -0.1) is 0 Å². The normalized spacial score (nSPS) is 14.7. The quantitative estimate of drug-likeness (QED) is 0.210. The van der Waals surface area contributed by atoms with Gasteiger partial charge in [0.1, 0.15) is 24.2 Å². The molecule has 0 unspecified atom stereocenters. The second-order valence-corrected chi connectivity index (χ2v) is 11.7. The molecule has 45 heavy (non-hydrogen) atoms. The number of carbonyl (C=O) groups excluding carboxylic acids is 3. The molecule has 1 fully saturated rings. The largest absolute Gasteiger partial charge is 0.496 e. The molecular weight excluding hydrogens is 570 g/mol. The lowest BCUT2D eigenvalue weighted by Crippen LogP contribution is -2.34. The van der Waals surface area contributed by atoms with Crippen LogP contribution in [-0.4, -0.2) is 46.4 Å². The van der Waals surface area contributed by atoms with Gasteiger partial charge in [-0.2, -0.15) is 5.10 Å². The molecule has 0 bridgehead atoms. The van der Waals surface area contributed by atoms with Gasteiger partial charge in [0.25, 0.3) is 5.91 Å². The van der Waals surface area contributed by atoms with E-state index in [9.17, 15) is 14.4 Å². The van der Waals surface area contributed by atoms with E-state index in [0.29, 0.717) is 22.9 Å². The molecule has 5 aromatic rings. The minimum atomic E-state index is -0.696. The maximum absolute atomic E-state index is 13.7. The highest BCUT2D eigenvalue weighted by Crippen LogP contribution is 2.33. The maximum atomic E-state index is 13.7.